The monoisotopic (exact) mass is 204 g/mol. The lowest BCUT2D eigenvalue weighted by atomic mass is 10.0. The van der Waals surface area contributed by atoms with E-state index in [1.165, 1.54) is 5.56 Å². The van der Waals surface area contributed by atoms with Crippen molar-refractivity contribution in [1.29, 1.82) is 0 Å². The predicted molar refractivity (Wildman–Crippen MR) is 65.6 cm³/mol. The van der Waals surface area contributed by atoms with Gasteiger partial charge in [0, 0.05) is 6.61 Å². The fraction of sp³-hybridized carbons (Fsp3) is 0.429. The maximum atomic E-state index is 9.12. The van der Waals surface area contributed by atoms with Crippen molar-refractivity contribution in [2.75, 3.05) is 6.61 Å². The Morgan fingerprint density at radius 2 is 2.00 bits per heavy atom. The van der Waals surface area contributed by atoms with E-state index in [0.717, 1.165) is 19.3 Å². The summed E-state index contributed by atoms with van der Waals surface area (Å²) in [6.07, 6.45) is 7.50. The molecule has 1 nitrogen and oxygen atoms in total. The molecule has 0 radical (unpaired) electrons. The minimum atomic E-state index is 0.299. The second-order valence-electron chi connectivity index (χ2n) is 3.89. The highest BCUT2D eigenvalue weighted by atomic mass is 16.3. The summed E-state index contributed by atoms with van der Waals surface area (Å²) in [6.45, 7) is 2.45. The fourth-order valence-electron chi connectivity index (χ4n) is 1.65. The average molecular weight is 204 g/mol. The normalized spacial score (nSPS) is 13.2. The minimum Gasteiger partial charge on any atom is -0.396 e. The number of hydrogen-bond donors (Lipinski definition) is 1. The van der Waals surface area contributed by atoms with E-state index in [-0.39, 0.29) is 0 Å². The van der Waals surface area contributed by atoms with Gasteiger partial charge in [-0.15, -0.1) is 0 Å². The van der Waals surface area contributed by atoms with Crippen molar-refractivity contribution in [2.24, 2.45) is 5.92 Å². The lowest BCUT2D eigenvalue weighted by Gasteiger charge is -2.09. The van der Waals surface area contributed by atoms with Gasteiger partial charge >= 0.3 is 0 Å². The van der Waals surface area contributed by atoms with E-state index in [1.807, 2.05) is 18.2 Å². The Bertz CT molecular complexity index is 277. The second-order valence-corrected chi connectivity index (χ2v) is 3.89. The molecule has 0 aromatic heterocycles. The van der Waals surface area contributed by atoms with Crippen LogP contribution in [-0.2, 0) is 0 Å². The first-order valence-electron chi connectivity index (χ1n) is 5.69. The van der Waals surface area contributed by atoms with Crippen LogP contribution in [0.25, 0.3) is 6.08 Å². The van der Waals surface area contributed by atoms with Gasteiger partial charge in [-0.2, -0.15) is 0 Å². The molecule has 1 N–H and O–H groups in total. The van der Waals surface area contributed by atoms with Gasteiger partial charge < -0.3 is 5.11 Å². The Morgan fingerprint density at radius 3 is 2.60 bits per heavy atom. The number of rotatable bonds is 6. The number of benzene rings is 1. The first kappa shape index (κ1) is 12.0. The minimum absolute atomic E-state index is 0.299. The lowest BCUT2D eigenvalue weighted by Crippen LogP contribution is -2.03. The summed E-state index contributed by atoms with van der Waals surface area (Å²) >= 11 is 0. The van der Waals surface area contributed by atoms with Crippen LogP contribution in [-0.4, -0.2) is 11.7 Å². The van der Waals surface area contributed by atoms with Crippen molar-refractivity contribution in [3.8, 4) is 0 Å². The van der Waals surface area contributed by atoms with E-state index in [1.54, 1.807) is 0 Å². The molecule has 1 atom stereocenters. The maximum absolute atomic E-state index is 9.12. The van der Waals surface area contributed by atoms with Crippen LogP contribution in [0.3, 0.4) is 0 Å². The van der Waals surface area contributed by atoms with Gasteiger partial charge in [-0.05, 0) is 24.3 Å². The summed E-state index contributed by atoms with van der Waals surface area (Å²) in [6, 6.07) is 10.3. The summed E-state index contributed by atoms with van der Waals surface area (Å²) in [5, 5.41) is 9.12. The summed E-state index contributed by atoms with van der Waals surface area (Å²) in [4.78, 5) is 0. The van der Waals surface area contributed by atoms with E-state index < -0.39 is 0 Å². The summed E-state index contributed by atoms with van der Waals surface area (Å²) < 4.78 is 0. The highest BCUT2D eigenvalue weighted by molar-refractivity contribution is 5.48. The van der Waals surface area contributed by atoms with Gasteiger partial charge in [-0.3, -0.25) is 0 Å². The first-order valence-corrected chi connectivity index (χ1v) is 5.69. The van der Waals surface area contributed by atoms with Crippen LogP contribution < -0.4 is 0 Å². The van der Waals surface area contributed by atoms with Crippen LogP contribution in [0.15, 0.2) is 36.4 Å². The van der Waals surface area contributed by atoms with E-state index in [2.05, 4.69) is 31.2 Å². The topological polar surface area (TPSA) is 20.2 Å². The molecule has 0 aliphatic carbocycles. The summed E-state index contributed by atoms with van der Waals surface area (Å²) in [5.41, 5.74) is 1.23. The standard InChI is InChI=1S/C14H20O/c1-2-7-14(12-15)11-6-10-13-8-4-3-5-9-13/h3-6,8-10,14-15H,2,7,11-12H2,1H3/b10-6+/t14-/m1/s1. The molecule has 0 amide bonds. The molecule has 0 saturated heterocycles. The van der Waals surface area contributed by atoms with Gasteiger partial charge in [0.25, 0.3) is 0 Å². The van der Waals surface area contributed by atoms with Crippen molar-refractivity contribution in [2.45, 2.75) is 26.2 Å². The van der Waals surface area contributed by atoms with E-state index >= 15 is 0 Å². The third-order valence-electron chi connectivity index (χ3n) is 2.53. The number of hydrogen-bond acceptors (Lipinski definition) is 1. The number of aliphatic hydroxyl groups is 1. The van der Waals surface area contributed by atoms with Crippen LogP contribution in [0.2, 0.25) is 0 Å². The lowest BCUT2D eigenvalue weighted by molar-refractivity contribution is 0.219. The Hall–Kier alpha value is -1.08. The molecule has 1 rings (SSSR count). The third kappa shape index (κ3) is 4.80. The van der Waals surface area contributed by atoms with Crippen molar-refractivity contribution in [3.05, 3.63) is 42.0 Å². The van der Waals surface area contributed by atoms with Crippen LogP contribution in [0.1, 0.15) is 31.7 Å². The van der Waals surface area contributed by atoms with Gasteiger partial charge in [-0.25, -0.2) is 0 Å². The van der Waals surface area contributed by atoms with Gasteiger partial charge in [-0.1, -0.05) is 55.8 Å². The number of allylic oxidation sites excluding steroid dienone is 1. The maximum Gasteiger partial charge on any atom is 0.0462 e. The zero-order valence-electron chi connectivity index (χ0n) is 9.39. The molecule has 1 aromatic rings. The molecule has 15 heavy (non-hydrogen) atoms. The van der Waals surface area contributed by atoms with E-state index in [0.29, 0.717) is 12.5 Å². The fourth-order valence-corrected chi connectivity index (χ4v) is 1.65. The Morgan fingerprint density at radius 1 is 1.27 bits per heavy atom. The van der Waals surface area contributed by atoms with Gasteiger partial charge in [0.1, 0.15) is 0 Å². The van der Waals surface area contributed by atoms with Crippen molar-refractivity contribution in [1.82, 2.24) is 0 Å². The van der Waals surface area contributed by atoms with Crippen LogP contribution in [0.5, 0.6) is 0 Å². The molecule has 0 unspecified atom stereocenters. The largest absolute Gasteiger partial charge is 0.396 e. The smallest absolute Gasteiger partial charge is 0.0462 e. The Balaban J connectivity index is 2.38. The molecule has 0 bridgehead atoms. The second kappa shape index (κ2) is 7.24. The van der Waals surface area contributed by atoms with Crippen LogP contribution >= 0.6 is 0 Å². The molecule has 1 aromatic carbocycles. The SMILES string of the molecule is CCC[C@@H](CO)C/C=C/c1ccccc1. The molecule has 0 spiro atoms. The zero-order chi connectivity index (χ0) is 10.9. The van der Waals surface area contributed by atoms with Crippen molar-refractivity contribution >= 4 is 6.08 Å². The molecule has 0 fully saturated rings. The molecular weight excluding hydrogens is 184 g/mol. The molecule has 1 heteroatoms. The molecule has 0 saturated carbocycles. The third-order valence-corrected chi connectivity index (χ3v) is 2.53. The zero-order valence-corrected chi connectivity index (χ0v) is 9.39. The molecular formula is C14H20O. The highest BCUT2D eigenvalue weighted by Gasteiger charge is 2.02. The van der Waals surface area contributed by atoms with Crippen molar-refractivity contribution in [3.63, 3.8) is 0 Å². The van der Waals surface area contributed by atoms with Gasteiger partial charge in [0.05, 0.1) is 0 Å². The van der Waals surface area contributed by atoms with Crippen molar-refractivity contribution < 1.29 is 5.11 Å². The highest BCUT2D eigenvalue weighted by Crippen LogP contribution is 2.12. The summed E-state index contributed by atoms with van der Waals surface area (Å²) in [7, 11) is 0. The van der Waals surface area contributed by atoms with Crippen LogP contribution in [0, 0.1) is 5.92 Å². The van der Waals surface area contributed by atoms with E-state index in [9.17, 15) is 0 Å². The predicted octanol–water partition coefficient (Wildman–Crippen LogP) is 3.50. The van der Waals surface area contributed by atoms with Gasteiger partial charge in [0.2, 0.25) is 0 Å². The molecule has 0 heterocycles. The van der Waals surface area contributed by atoms with E-state index in [4.69, 9.17) is 5.11 Å². The van der Waals surface area contributed by atoms with Gasteiger partial charge in [0.15, 0.2) is 0 Å². The molecule has 0 aliphatic rings. The Labute approximate surface area is 92.5 Å². The average Bonchev–Trinajstić information content (AvgIpc) is 2.29. The number of aliphatic hydroxyl groups excluding tert-OH is 1. The molecule has 0 aliphatic heterocycles. The first-order chi connectivity index (χ1) is 7.36. The molecule has 82 valence electrons. The Kier molecular flexibility index (Phi) is 5.79. The quantitative estimate of drug-likeness (QED) is 0.752. The van der Waals surface area contributed by atoms with Crippen LogP contribution in [0.4, 0.5) is 0 Å². The summed E-state index contributed by atoms with van der Waals surface area (Å²) in [5.74, 6) is 0.426.